The maximum atomic E-state index is 12.1. The van der Waals surface area contributed by atoms with Crippen molar-refractivity contribution in [1.82, 2.24) is 10.2 Å². The smallest absolute Gasteiger partial charge is 0.409 e. The van der Waals surface area contributed by atoms with E-state index in [4.69, 9.17) is 9.47 Å². The molecule has 142 valence electrons. The molecular formula is C19H26N2O5. The van der Waals surface area contributed by atoms with E-state index in [0.29, 0.717) is 38.1 Å². The van der Waals surface area contributed by atoms with E-state index in [1.54, 1.807) is 24.0 Å². The second-order valence-electron chi connectivity index (χ2n) is 6.35. The molecular weight excluding hydrogens is 336 g/mol. The van der Waals surface area contributed by atoms with Crippen LogP contribution >= 0.6 is 0 Å². The quantitative estimate of drug-likeness (QED) is 0.812. The molecule has 0 atom stereocenters. The zero-order valence-electron chi connectivity index (χ0n) is 15.5. The number of aryl methyl sites for hydroxylation is 1. The van der Waals surface area contributed by atoms with Crippen molar-refractivity contribution >= 4 is 18.0 Å². The molecule has 0 aliphatic carbocycles. The SMILES string of the molecule is CCOC(=O)N1CCC(NC(=O)COC(=O)c2cccc(C)c2C)CC1. The molecule has 26 heavy (non-hydrogen) atoms. The summed E-state index contributed by atoms with van der Waals surface area (Å²) in [6, 6.07) is 5.36. The fourth-order valence-electron chi connectivity index (χ4n) is 2.87. The Labute approximate surface area is 153 Å². The first-order valence-electron chi connectivity index (χ1n) is 8.86. The van der Waals surface area contributed by atoms with Gasteiger partial charge in [0.05, 0.1) is 12.2 Å². The minimum absolute atomic E-state index is 0.0346. The average molecular weight is 362 g/mol. The Balaban J connectivity index is 1.75. The maximum Gasteiger partial charge on any atom is 0.409 e. The molecule has 7 heteroatoms. The molecule has 2 rings (SSSR count). The topological polar surface area (TPSA) is 84.9 Å². The van der Waals surface area contributed by atoms with Crippen molar-refractivity contribution in [1.29, 1.82) is 0 Å². The Hall–Kier alpha value is -2.57. The van der Waals surface area contributed by atoms with Gasteiger partial charge in [-0.05, 0) is 50.8 Å². The van der Waals surface area contributed by atoms with Crippen molar-refractivity contribution in [3.05, 3.63) is 34.9 Å². The Kier molecular flexibility index (Phi) is 7.00. The number of carbonyl (C=O) groups is 3. The summed E-state index contributed by atoms with van der Waals surface area (Å²) in [5.74, 6) is -0.836. The van der Waals surface area contributed by atoms with Crippen LogP contribution in [-0.4, -0.2) is 55.2 Å². The molecule has 1 aliphatic rings. The number of likely N-dealkylation sites (tertiary alicyclic amines) is 1. The second kappa shape index (κ2) is 9.22. The van der Waals surface area contributed by atoms with Crippen molar-refractivity contribution in [3.63, 3.8) is 0 Å². The monoisotopic (exact) mass is 362 g/mol. The summed E-state index contributed by atoms with van der Waals surface area (Å²) in [5, 5.41) is 2.85. The van der Waals surface area contributed by atoms with Crippen LogP contribution in [0.1, 0.15) is 41.3 Å². The highest BCUT2D eigenvalue weighted by molar-refractivity contribution is 5.93. The third-order valence-corrected chi connectivity index (χ3v) is 4.54. The normalized spacial score (nSPS) is 14.7. The highest BCUT2D eigenvalue weighted by Gasteiger charge is 2.24. The standard InChI is InChI=1S/C19H26N2O5/c1-4-25-19(24)21-10-8-15(9-11-21)20-17(22)12-26-18(23)16-7-5-6-13(2)14(16)3/h5-7,15H,4,8-12H2,1-3H3,(H,20,22). The summed E-state index contributed by atoms with van der Waals surface area (Å²) in [6.45, 7) is 6.64. The summed E-state index contributed by atoms with van der Waals surface area (Å²) in [4.78, 5) is 37.4. The van der Waals surface area contributed by atoms with Crippen LogP contribution in [0, 0.1) is 13.8 Å². The Bertz CT molecular complexity index is 666. The third-order valence-electron chi connectivity index (χ3n) is 4.54. The molecule has 1 aromatic carbocycles. The van der Waals surface area contributed by atoms with E-state index in [-0.39, 0.29) is 24.6 Å². The van der Waals surface area contributed by atoms with Crippen LogP contribution in [-0.2, 0) is 14.3 Å². The lowest BCUT2D eigenvalue weighted by Gasteiger charge is -2.31. The van der Waals surface area contributed by atoms with Gasteiger partial charge in [0.1, 0.15) is 0 Å². The van der Waals surface area contributed by atoms with E-state index in [1.165, 1.54) is 0 Å². The average Bonchev–Trinajstić information content (AvgIpc) is 2.63. The van der Waals surface area contributed by atoms with Gasteiger partial charge in [0.25, 0.3) is 5.91 Å². The fourth-order valence-corrected chi connectivity index (χ4v) is 2.87. The Morgan fingerprint density at radius 2 is 1.85 bits per heavy atom. The number of hydrogen-bond acceptors (Lipinski definition) is 5. The van der Waals surface area contributed by atoms with Crippen LogP contribution in [0.5, 0.6) is 0 Å². The molecule has 0 aromatic heterocycles. The van der Waals surface area contributed by atoms with Gasteiger partial charge in [-0.2, -0.15) is 0 Å². The van der Waals surface area contributed by atoms with Crippen LogP contribution in [0.25, 0.3) is 0 Å². The summed E-state index contributed by atoms with van der Waals surface area (Å²) in [5.41, 5.74) is 2.32. The number of amides is 2. The predicted octanol–water partition coefficient (Wildman–Crippen LogP) is 2.20. The zero-order valence-corrected chi connectivity index (χ0v) is 15.5. The minimum Gasteiger partial charge on any atom is -0.452 e. The molecule has 1 fully saturated rings. The van der Waals surface area contributed by atoms with Crippen LogP contribution in [0.2, 0.25) is 0 Å². The van der Waals surface area contributed by atoms with Crippen molar-refractivity contribution < 1.29 is 23.9 Å². The van der Waals surface area contributed by atoms with Crippen LogP contribution in [0.15, 0.2) is 18.2 Å². The van der Waals surface area contributed by atoms with Gasteiger partial charge >= 0.3 is 12.1 Å². The van der Waals surface area contributed by atoms with Gasteiger partial charge in [0.15, 0.2) is 6.61 Å². The number of ether oxygens (including phenoxy) is 2. The lowest BCUT2D eigenvalue weighted by molar-refractivity contribution is -0.125. The fraction of sp³-hybridized carbons (Fsp3) is 0.526. The first-order chi connectivity index (χ1) is 12.4. The predicted molar refractivity (Wildman–Crippen MR) is 96.0 cm³/mol. The van der Waals surface area contributed by atoms with Gasteiger partial charge in [-0.15, -0.1) is 0 Å². The minimum atomic E-state index is -0.501. The molecule has 2 amide bonds. The van der Waals surface area contributed by atoms with Crippen LogP contribution < -0.4 is 5.32 Å². The highest BCUT2D eigenvalue weighted by atomic mass is 16.6. The molecule has 1 aliphatic heterocycles. The molecule has 0 unspecified atom stereocenters. The molecule has 0 bridgehead atoms. The molecule has 1 heterocycles. The summed E-state index contributed by atoms with van der Waals surface area (Å²) < 4.78 is 10.1. The maximum absolute atomic E-state index is 12.1. The zero-order chi connectivity index (χ0) is 19.1. The highest BCUT2D eigenvalue weighted by Crippen LogP contribution is 2.14. The molecule has 1 aromatic rings. The van der Waals surface area contributed by atoms with E-state index in [1.807, 2.05) is 19.9 Å². The van der Waals surface area contributed by atoms with E-state index < -0.39 is 5.97 Å². The van der Waals surface area contributed by atoms with E-state index in [0.717, 1.165) is 11.1 Å². The molecule has 1 saturated heterocycles. The second-order valence-corrected chi connectivity index (χ2v) is 6.35. The van der Waals surface area contributed by atoms with Gasteiger partial charge < -0.3 is 19.7 Å². The van der Waals surface area contributed by atoms with Crippen LogP contribution in [0.3, 0.4) is 0 Å². The number of esters is 1. The van der Waals surface area contributed by atoms with Crippen molar-refractivity contribution in [2.45, 2.75) is 39.7 Å². The van der Waals surface area contributed by atoms with Gasteiger partial charge in [0, 0.05) is 19.1 Å². The first kappa shape index (κ1) is 19.8. The summed E-state index contributed by atoms with van der Waals surface area (Å²) >= 11 is 0. The Morgan fingerprint density at radius 1 is 1.15 bits per heavy atom. The first-order valence-corrected chi connectivity index (χ1v) is 8.86. The lowest BCUT2D eigenvalue weighted by atomic mass is 10.0. The van der Waals surface area contributed by atoms with Gasteiger partial charge in [0.2, 0.25) is 0 Å². The van der Waals surface area contributed by atoms with E-state index in [2.05, 4.69) is 5.32 Å². The largest absolute Gasteiger partial charge is 0.452 e. The van der Waals surface area contributed by atoms with Gasteiger partial charge in [-0.25, -0.2) is 9.59 Å². The molecule has 0 radical (unpaired) electrons. The number of hydrogen-bond donors (Lipinski definition) is 1. The number of carbonyl (C=O) groups excluding carboxylic acids is 3. The third kappa shape index (κ3) is 5.21. The molecule has 7 nitrogen and oxygen atoms in total. The number of benzene rings is 1. The van der Waals surface area contributed by atoms with Crippen molar-refractivity contribution in [2.24, 2.45) is 0 Å². The number of nitrogens with zero attached hydrogens (tertiary/aromatic N) is 1. The van der Waals surface area contributed by atoms with Gasteiger partial charge in [-0.3, -0.25) is 4.79 Å². The number of nitrogens with one attached hydrogen (secondary N) is 1. The van der Waals surface area contributed by atoms with E-state index >= 15 is 0 Å². The Morgan fingerprint density at radius 3 is 2.50 bits per heavy atom. The molecule has 0 saturated carbocycles. The van der Waals surface area contributed by atoms with Crippen molar-refractivity contribution in [2.75, 3.05) is 26.3 Å². The van der Waals surface area contributed by atoms with Gasteiger partial charge in [-0.1, -0.05) is 12.1 Å². The van der Waals surface area contributed by atoms with Crippen molar-refractivity contribution in [3.8, 4) is 0 Å². The molecule has 1 N–H and O–H groups in total. The van der Waals surface area contributed by atoms with E-state index in [9.17, 15) is 14.4 Å². The number of rotatable bonds is 5. The van der Waals surface area contributed by atoms with Crippen LogP contribution in [0.4, 0.5) is 4.79 Å². The lowest BCUT2D eigenvalue weighted by Crippen LogP contribution is -2.47. The summed E-state index contributed by atoms with van der Waals surface area (Å²) in [6.07, 6.45) is 0.977. The molecule has 0 spiro atoms. The summed E-state index contributed by atoms with van der Waals surface area (Å²) in [7, 11) is 0. The number of piperidine rings is 1.